The first kappa shape index (κ1) is 15.7. The van der Waals surface area contributed by atoms with E-state index in [1.165, 1.54) is 0 Å². The number of unbranched alkanes of at least 4 members (excludes halogenated alkanes) is 1. The molecule has 0 aliphatic heterocycles. The maximum Gasteiger partial charge on any atom is 0.330 e. The summed E-state index contributed by atoms with van der Waals surface area (Å²) in [5, 5.41) is 0. The molecule has 0 radical (unpaired) electrons. The maximum atomic E-state index is 11.6. The third kappa shape index (κ3) is 7.55. The van der Waals surface area contributed by atoms with Crippen LogP contribution in [-0.4, -0.2) is 25.2 Å². The second kappa shape index (κ2) is 9.87. The van der Waals surface area contributed by atoms with E-state index in [2.05, 4.69) is 13.5 Å². The van der Waals surface area contributed by atoms with Crippen LogP contribution in [0.15, 0.2) is 12.7 Å². The minimum Gasteiger partial charge on any atom is -0.462 e. The molecule has 0 aromatic rings. The molecule has 0 saturated carbocycles. The lowest BCUT2D eigenvalue weighted by Crippen LogP contribution is -2.20. The van der Waals surface area contributed by atoms with Gasteiger partial charge in [0, 0.05) is 6.08 Å². The number of carbonyl (C=O) groups excluding carboxylic acids is 2. The Balaban J connectivity index is 3.74. The number of esters is 2. The number of hydrogen-bond acceptors (Lipinski definition) is 4. The van der Waals surface area contributed by atoms with Crippen molar-refractivity contribution < 1.29 is 19.1 Å². The summed E-state index contributed by atoms with van der Waals surface area (Å²) in [4.78, 5) is 22.3. The summed E-state index contributed by atoms with van der Waals surface area (Å²) >= 11 is 0. The third-order valence-corrected chi connectivity index (χ3v) is 2.47. The zero-order chi connectivity index (χ0) is 13.1. The van der Waals surface area contributed by atoms with E-state index in [4.69, 9.17) is 9.47 Å². The lowest BCUT2D eigenvalue weighted by Gasteiger charge is -2.13. The smallest absolute Gasteiger partial charge is 0.330 e. The van der Waals surface area contributed by atoms with Crippen LogP contribution in [0.25, 0.3) is 0 Å². The van der Waals surface area contributed by atoms with E-state index in [9.17, 15) is 9.59 Å². The fourth-order valence-corrected chi connectivity index (χ4v) is 1.40. The van der Waals surface area contributed by atoms with Crippen molar-refractivity contribution in [1.82, 2.24) is 0 Å². The second-order valence-corrected chi connectivity index (χ2v) is 3.79. The van der Waals surface area contributed by atoms with Crippen LogP contribution in [-0.2, 0) is 19.1 Å². The van der Waals surface area contributed by atoms with Gasteiger partial charge in [0.05, 0.1) is 5.92 Å². The standard InChI is InChI=1S/C13H22O4/c1-4-7-8-11(5-2)13(15)17-10-9-16-12(14)6-3/h6,11H,3-5,7-10H2,1-2H3. The minimum absolute atomic E-state index is 0.0370. The molecule has 0 aromatic carbocycles. The molecule has 4 heteroatoms. The molecular formula is C13H22O4. The normalized spacial score (nSPS) is 11.6. The number of carbonyl (C=O) groups is 2. The van der Waals surface area contributed by atoms with Gasteiger partial charge in [-0.1, -0.05) is 33.3 Å². The highest BCUT2D eigenvalue weighted by Gasteiger charge is 2.17. The fraction of sp³-hybridized carbons (Fsp3) is 0.692. The fourth-order valence-electron chi connectivity index (χ4n) is 1.40. The monoisotopic (exact) mass is 242 g/mol. The third-order valence-electron chi connectivity index (χ3n) is 2.47. The first-order valence-corrected chi connectivity index (χ1v) is 6.11. The van der Waals surface area contributed by atoms with Crippen LogP contribution in [0.5, 0.6) is 0 Å². The average Bonchev–Trinajstić information content (AvgIpc) is 2.35. The Morgan fingerprint density at radius 3 is 2.41 bits per heavy atom. The van der Waals surface area contributed by atoms with E-state index < -0.39 is 5.97 Å². The van der Waals surface area contributed by atoms with Crippen LogP contribution >= 0.6 is 0 Å². The van der Waals surface area contributed by atoms with Gasteiger partial charge >= 0.3 is 11.9 Å². The Kier molecular flexibility index (Phi) is 9.11. The summed E-state index contributed by atoms with van der Waals surface area (Å²) in [6.07, 6.45) is 4.82. The molecule has 1 unspecified atom stereocenters. The van der Waals surface area contributed by atoms with E-state index in [0.29, 0.717) is 0 Å². The molecule has 0 spiro atoms. The highest BCUT2D eigenvalue weighted by molar-refractivity contribution is 5.81. The quantitative estimate of drug-likeness (QED) is 0.354. The van der Waals surface area contributed by atoms with E-state index in [1.54, 1.807) is 0 Å². The molecular weight excluding hydrogens is 220 g/mol. The molecule has 17 heavy (non-hydrogen) atoms. The predicted octanol–water partition coefficient (Wildman–Crippen LogP) is 2.48. The molecule has 1 atom stereocenters. The Bertz CT molecular complexity index is 248. The lowest BCUT2D eigenvalue weighted by molar-refractivity contribution is -0.153. The van der Waals surface area contributed by atoms with Gasteiger partial charge in [-0.2, -0.15) is 0 Å². The van der Waals surface area contributed by atoms with Crippen LogP contribution in [0.3, 0.4) is 0 Å². The molecule has 0 bridgehead atoms. The van der Waals surface area contributed by atoms with Crippen molar-refractivity contribution in [2.75, 3.05) is 13.2 Å². The molecule has 98 valence electrons. The molecule has 0 rings (SSSR count). The summed E-state index contributed by atoms with van der Waals surface area (Å²) in [5.74, 6) is -0.736. The van der Waals surface area contributed by atoms with E-state index in [1.807, 2.05) is 6.92 Å². The largest absolute Gasteiger partial charge is 0.462 e. The van der Waals surface area contributed by atoms with Crippen molar-refractivity contribution in [2.24, 2.45) is 5.92 Å². The van der Waals surface area contributed by atoms with Gasteiger partial charge in [0.25, 0.3) is 0 Å². The van der Waals surface area contributed by atoms with Crippen LogP contribution in [0.1, 0.15) is 39.5 Å². The van der Waals surface area contributed by atoms with Crippen LogP contribution in [0, 0.1) is 5.92 Å². The number of hydrogen-bond donors (Lipinski definition) is 0. The predicted molar refractivity (Wildman–Crippen MR) is 65.4 cm³/mol. The zero-order valence-electron chi connectivity index (χ0n) is 10.7. The Morgan fingerprint density at radius 1 is 1.24 bits per heavy atom. The van der Waals surface area contributed by atoms with Crippen LogP contribution in [0.2, 0.25) is 0 Å². The summed E-state index contributed by atoms with van der Waals surface area (Å²) in [7, 11) is 0. The van der Waals surface area contributed by atoms with E-state index >= 15 is 0 Å². The summed E-state index contributed by atoms with van der Waals surface area (Å²) in [6, 6.07) is 0. The number of ether oxygens (including phenoxy) is 2. The minimum atomic E-state index is -0.501. The van der Waals surface area contributed by atoms with Gasteiger partial charge in [0.2, 0.25) is 0 Å². The lowest BCUT2D eigenvalue weighted by atomic mass is 10.00. The molecule has 0 heterocycles. The maximum absolute atomic E-state index is 11.6. The van der Waals surface area contributed by atoms with Crippen molar-refractivity contribution in [3.8, 4) is 0 Å². The Labute approximate surface area is 103 Å². The van der Waals surface area contributed by atoms with Crippen molar-refractivity contribution >= 4 is 11.9 Å². The average molecular weight is 242 g/mol. The molecule has 4 nitrogen and oxygen atoms in total. The molecule has 0 fully saturated rings. The van der Waals surface area contributed by atoms with Gasteiger partial charge in [-0.15, -0.1) is 0 Å². The van der Waals surface area contributed by atoms with Gasteiger partial charge in [0.15, 0.2) is 0 Å². The van der Waals surface area contributed by atoms with Crippen molar-refractivity contribution in [1.29, 1.82) is 0 Å². The molecule has 0 aliphatic rings. The van der Waals surface area contributed by atoms with Crippen molar-refractivity contribution in [2.45, 2.75) is 39.5 Å². The van der Waals surface area contributed by atoms with Gasteiger partial charge in [0.1, 0.15) is 13.2 Å². The summed E-state index contributed by atoms with van der Waals surface area (Å²) < 4.78 is 9.74. The second-order valence-electron chi connectivity index (χ2n) is 3.79. The topological polar surface area (TPSA) is 52.6 Å². The van der Waals surface area contributed by atoms with Gasteiger partial charge in [-0.25, -0.2) is 4.79 Å². The van der Waals surface area contributed by atoms with Gasteiger partial charge < -0.3 is 9.47 Å². The first-order valence-electron chi connectivity index (χ1n) is 6.11. The first-order chi connectivity index (χ1) is 8.15. The van der Waals surface area contributed by atoms with Gasteiger partial charge in [-0.3, -0.25) is 4.79 Å². The molecule has 0 saturated heterocycles. The van der Waals surface area contributed by atoms with E-state index in [-0.39, 0.29) is 25.1 Å². The summed E-state index contributed by atoms with van der Waals surface area (Å²) in [6.45, 7) is 7.53. The molecule has 0 amide bonds. The number of rotatable bonds is 9. The van der Waals surface area contributed by atoms with Crippen LogP contribution in [0.4, 0.5) is 0 Å². The summed E-state index contributed by atoms with van der Waals surface area (Å²) in [5.41, 5.74) is 0. The Hall–Kier alpha value is -1.32. The zero-order valence-corrected chi connectivity index (χ0v) is 10.7. The molecule has 0 aromatic heterocycles. The SMILES string of the molecule is C=CC(=O)OCCOC(=O)C(CC)CCCC. The van der Waals surface area contributed by atoms with Crippen molar-refractivity contribution in [3.05, 3.63) is 12.7 Å². The van der Waals surface area contributed by atoms with Gasteiger partial charge in [-0.05, 0) is 12.8 Å². The molecule has 0 aliphatic carbocycles. The van der Waals surface area contributed by atoms with Crippen LogP contribution < -0.4 is 0 Å². The highest BCUT2D eigenvalue weighted by atomic mass is 16.6. The van der Waals surface area contributed by atoms with E-state index in [0.717, 1.165) is 31.8 Å². The Morgan fingerprint density at radius 2 is 1.88 bits per heavy atom. The molecule has 0 N–H and O–H groups in total. The highest BCUT2D eigenvalue weighted by Crippen LogP contribution is 2.14. The van der Waals surface area contributed by atoms with Crippen molar-refractivity contribution in [3.63, 3.8) is 0 Å².